The lowest BCUT2D eigenvalue weighted by Crippen LogP contribution is -2.20. The Kier molecular flexibility index (Phi) is 2.97. The van der Waals surface area contributed by atoms with E-state index in [-0.39, 0.29) is 5.56 Å². The van der Waals surface area contributed by atoms with Gasteiger partial charge in [0.25, 0.3) is 0 Å². The SMILES string of the molecule is NC(C(=O)O)c1cc(Br)cc(O)c1O. The second-order valence-corrected chi connectivity index (χ2v) is 3.59. The van der Waals surface area contributed by atoms with Crippen molar-refractivity contribution in [1.29, 1.82) is 0 Å². The maximum atomic E-state index is 10.5. The number of aromatic hydroxyl groups is 2. The Morgan fingerprint density at radius 2 is 2.00 bits per heavy atom. The van der Waals surface area contributed by atoms with Crippen LogP contribution in [-0.4, -0.2) is 21.3 Å². The van der Waals surface area contributed by atoms with E-state index in [1.807, 2.05) is 0 Å². The molecule has 0 bridgehead atoms. The largest absolute Gasteiger partial charge is 0.504 e. The molecule has 76 valence electrons. The average molecular weight is 262 g/mol. The summed E-state index contributed by atoms with van der Waals surface area (Å²) in [6.45, 7) is 0. The molecule has 1 atom stereocenters. The first-order chi connectivity index (χ1) is 6.43. The molecule has 0 spiro atoms. The average Bonchev–Trinajstić information content (AvgIpc) is 2.09. The molecule has 0 aliphatic carbocycles. The van der Waals surface area contributed by atoms with Crippen molar-refractivity contribution in [1.82, 2.24) is 0 Å². The van der Waals surface area contributed by atoms with Gasteiger partial charge in [-0.25, -0.2) is 0 Å². The number of carboxylic acids is 1. The first-order valence-corrected chi connectivity index (χ1v) is 4.42. The van der Waals surface area contributed by atoms with Crippen molar-refractivity contribution < 1.29 is 20.1 Å². The molecule has 1 unspecified atom stereocenters. The van der Waals surface area contributed by atoms with E-state index in [1.165, 1.54) is 12.1 Å². The van der Waals surface area contributed by atoms with Crippen molar-refractivity contribution in [2.75, 3.05) is 0 Å². The summed E-state index contributed by atoms with van der Waals surface area (Å²) in [4.78, 5) is 10.5. The molecule has 1 aromatic rings. The quantitative estimate of drug-likeness (QED) is 0.594. The highest BCUT2D eigenvalue weighted by Crippen LogP contribution is 2.35. The molecule has 0 saturated heterocycles. The highest BCUT2D eigenvalue weighted by Gasteiger charge is 2.20. The molecular weight excluding hydrogens is 254 g/mol. The van der Waals surface area contributed by atoms with Crippen LogP contribution >= 0.6 is 15.9 Å². The van der Waals surface area contributed by atoms with E-state index in [4.69, 9.17) is 10.8 Å². The zero-order valence-corrected chi connectivity index (χ0v) is 8.52. The predicted octanol–water partition coefficient (Wildman–Crippen LogP) is 0.945. The van der Waals surface area contributed by atoms with Gasteiger partial charge in [-0.3, -0.25) is 4.79 Å². The minimum absolute atomic E-state index is 0.0376. The minimum Gasteiger partial charge on any atom is -0.504 e. The van der Waals surface area contributed by atoms with Gasteiger partial charge in [0.1, 0.15) is 6.04 Å². The number of benzene rings is 1. The molecular formula is C8H8BrNO4. The van der Waals surface area contributed by atoms with Crippen LogP contribution in [0.15, 0.2) is 16.6 Å². The van der Waals surface area contributed by atoms with Crippen molar-refractivity contribution in [3.63, 3.8) is 0 Å². The molecule has 1 rings (SSSR count). The number of carboxylic acid groups (broad SMARTS) is 1. The van der Waals surface area contributed by atoms with Gasteiger partial charge in [-0.1, -0.05) is 15.9 Å². The van der Waals surface area contributed by atoms with E-state index in [1.54, 1.807) is 0 Å². The molecule has 0 aliphatic heterocycles. The highest BCUT2D eigenvalue weighted by atomic mass is 79.9. The van der Waals surface area contributed by atoms with Gasteiger partial charge in [-0.2, -0.15) is 0 Å². The van der Waals surface area contributed by atoms with Crippen molar-refractivity contribution in [2.24, 2.45) is 5.73 Å². The molecule has 0 aromatic heterocycles. The summed E-state index contributed by atoms with van der Waals surface area (Å²) in [7, 11) is 0. The number of nitrogens with two attached hydrogens (primary N) is 1. The number of hydrogen-bond donors (Lipinski definition) is 4. The summed E-state index contributed by atoms with van der Waals surface area (Å²) in [5.41, 5.74) is 5.25. The molecule has 5 N–H and O–H groups in total. The number of phenols is 2. The van der Waals surface area contributed by atoms with Crippen molar-refractivity contribution >= 4 is 21.9 Å². The number of aliphatic carboxylic acids is 1. The number of hydrogen-bond acceptors (Lipinski definition) is 4. The second-order valence-electron chi connectivity index (χ2n) is 2.68. The molecule has 0 fully saturated rings. The van der Waals surface area contributed by atoms with E-state index in [9.17, 15) is 15.0 Å². The minimum atomic E-state index is -1.36. The Hall–Kier alpha value is -1.27. The Labute approximate surface area is 87.9 Å². The van der Waals surface area contributed by atoms with E-state index in [0.717, 1.165) is 0 Å². The van der Waals surface area contributed by atoms with Crippen LogP contribution in [0.4, 0.5) is 0 Å². The van der Waals surface area contributed by atoms with Gasteiger partial charge < -0.3 is 21.1 Å². The van der Waals surface area contributed by atoms with Crippen LogP contribution in [0.3, 0.4) is 0 Å². The van der Waals surface area contributed by atoms with Crippen molar-refractivity contribution in [3.05, 3.63) is 22.2 Å². The monoisotopic (exact) mass is 261 g/mol. The number of rotatable bonds is 2. The maximum Gasteiger partial charge on any atom is 0.325 e. The Balaban J connectivity index is 3.26. The zero-order valence-electron chi connectivity index (χ0n) is 6.94. The van der Waals surface area contributed by atoms with Crippen LogP contribution in [0, 0.1) is 0 Å². The number of halogens is 1. The molecule has 0 aliphatic rings. The lowest BCUT2D eigenvalue weighted by Gasteiger charge is -2.10. The van der Waals surface area contributed by atoms with Crippen LogP contribution in [0.25, 0.3) is 0 Å². The van der Waals surface area contributed by atoms with Gasteiger partial charge in [0.05, 0.1) is 0 Å². The van der Waals surface area contributed by atoms with Crippen LogP contribution in [0.5, 0.6) is 11.5 Å². The molecule has 5 nitrogen and oxygen atoms in total. The third kappa shape index (κ3) is 1.97. The molecule has 6 heteroatoms. The summed E-state index contributed by atoms with van der Waals surface area (Å²) in [5, 5.41) is 27.1. The lowest BCUT2D eigenvalue weighted by molar-refractivity contribution is -0.138. The number of phenolic OH excluding ortho intramolecular Hbond substituents is 2. The molecule has 0 saturated carbocycles. The smallest absolute Gasteiger partial charge is 0.325 e. The fourth-order valence-electron chi connectivity index (χ4n) is 0.976. The predicted molar refractivity (Wildman–Crippen MR) is 52.0 cm³/mol. The van der Waals surface area contributed by atoms with Gasteiger partial charge in [-0.15, -0.1) is 0 Å². The molecule has 1 aromatic carbocycles. The summed E-state index contributed by atoms with van der Waals surface area (Å²) < 4.78 is 0.444. The van der Waals surface area contributed by atoms with Gasteiger partial charge in [0.2, 0.25) is 0 Å². The topological polar surface area (TPSA) is 104 Å². The van der Waals surface area contributed by atoms with Gasteiger partial charge in [-0.05, 0) is 12.1 Å². The lowest BCUT2D eigenvalue weighted by atomic mass is 10.1. The third-order valence-electron chi connectivity index (χ3n) is 1.69. The first kappa shape index (κ1) is 10.8. The highest BCUT2D eigenvalue weighted by molar-refractivity contribution is 9.10. The molecule has 0 heterocycles. The Morgan fingerprint density at radius 3 is 2.50 bits per heavy atom. The van der Waals surface area contributed by atoms with E-state index in [0.29, 0.717) is 4.47 Å². The summed E-state index contributed by atoms with van der Waals surface area (Å²) >= 11 is 3.04. The standard InChI is InChI=1S/C8H8BrNO4/c9-3-1-4(6(10)8(13)14)7(12)5(11)2-3/h1-2,6,11-12H,10H2,(H,13,14). The van der Waals surface area contributed by atoms with E-state index >= 15 is 0 Å². The fourth-order valence-corrected chi connectivity index (χ4v) is 1.44. The van der Waals surface area contributed by atoms with Crippen LogP contribution < -0.4 is 5.73 Å². The summed E-state index contributed by atoms with van der Waals surface area (Å²) in [6, 6.07) is 1.22. The number of carbonyl (C=O) groups is 1. The van der Waals surface area contributed by atoms with Crippen LogP contribution in [-0.2, 0) is 4.79 Å². The molecule has 14 heavy (non-hydrogen) atoms. The third-order valence-corrected chi connectivity index (χ3v) is 2.14. The summed E-state index contributed by atoms with van der Waals surface area (Å²) in [5.74, 6) is -2.20. The van der Waals surface area contributed by atoms with Gasteiger partial charge in [0.15, 0.2) is 11.5 Å². The zero-order chi connectivity index (χ0) is 10.9. The van der Waals surface area contributed by atoms with Gasteiger partial charge in [0, 0.05) is 10.0 Å². The molecule has 0 radical (unpaired) electrons. The maximum absolute atomic E-state index is 10.5. The van der Waals surface area contributed by atoms with Crippen LogP contribution in [0.2, 0.25) is 0 Å². The van der Waals surface area contributed by atoms with Crippen molar-refractivity contribution in [2.45, 2.75) is 6.04 Å². The fraction of sp³-hybridized carbons (Fsp3) is 0.125. The van der Waals surface area contributed by atoms with E-state index in [2.05, 4.69) is 15.9 Å². The van der Waals surface area contributed by atoms with E-state index < -0.39 is 23.5 Å². The Morgan fingerprint density at radius 1 is 1.43 bits per heavy atom. The van der Waals surface area contributed by atoms with Crippen LogP contribution in [0.1, 0.15) is 11.6 Å². The first-order valence-electron chi connectivity index (χ1n) is 3.63. The normalized spacial score (nSPS) is 12.4. The van der Waals surface area contributed by atoms with Gasteiger partial charge >= 0.3 is 5.97 Å². The molecule has 0 amide bonds. The Bertz CT molecular complexity index is 380. The second kappa shape index (κ2) is 3.85. The van der Waals surface area contributed by atoms with Crippen molar-refractivity contribution in [3.8, 4) is 11.5 Å². The summed E-state index contributed by atoms with van der Waals surface area (Å²) in [6.07, 6.45) is 0.